The van der Waals surface area contributed by atoms with Gasteiger partial charge in [0.2, 0.25) is 0 Å². The highest BCUT2D eigenvalue weighted by atomic mass is 32.2. The highest BCUT2D eigenvalue weighted by molar-refractivity contribution is 7.98. The van der Waals surface area contributed by atoms with E-state index in [-0.39, 0.29) is 24.6 Å². The van der Waals surface area contributed by atoms with E-state index in [4.69, 9.17) is 5.10 Å². The number of halogens is 3. The molecule has 0 radical (unpaired) electrons. The molecule has 2 saturated heterocycles. The summed E-state index contributed by atoms with van der Waals surface area (Å²) >= 11 is 1.54. The van der Waals surface area contributed by atoms with Gasteiger partial charge in [-0.15, -0.1) is 5.10 Å². The number of aromatic nitrogens is 4. The minimum atomic E-state index is -1.18. The molecule has 0 spiro atoms. The number of benzene rings is 1. The number of nitrogens with zero attached hydrogens (tertiary/aromatic N) is 6. The average Bonchev–Trinajstić information content (AvgIpc) is 3.62. The van der Waals surface area contributed by atoms with Gasteiger partial charge in [-0.1, -0.05) is 11.8 Å². The van der Waals surface area contributed by atoms with Crippen molar-refractivity contribution in [3.63, 3.8) is 0 Å². The predicted molar refractivity (Wildman–Crippen MR) is 136 cm³/mol. The largest absolute Gasteiger partial charge is 0.391 e. The predicted octanol–water partition coefficient (Wildman–Crippen LogP) is 4.56. The number of fused-ring (bicyclic) bond motifs is 1. The third-order valence-corrected chi connectivity index (χ3v) is 7.87. The van der Waals surface area contributed by atoms with Crippen molar-refractivity contribution < 1.29 is 18.3 Å². The van der Waals surface area contributed by atoms with Gasteiger partial charge in [0.1, 0.15) is 23.6 Å². The van der Waals surface area contributed by atoms with E-state index >= 15 is 0 Å². The second-order valence-electron chi connectivity index (χ2n) is 9.41. The Morgan fingerprint density at radius 2 is 1.92 bits per heavy atom. The summed E-state index contributed by atoms with van der Waals surface area (Å²) in [5.74, 6) is -0.0951. The molecule has 6 rings (SSSR count). The second-order valence-corrected chi connectivity index (χ2v) is 10.4. The lowest BCUT2D eigenvalue weighted by Crippen LogP contribution is -2.26. The van der Waals surface area contributed by atoms with Crippen LogP contribution in [0.2, 0.25) is 0 Å². The van der Waals surface area contributed by atoms with E-state index in [1.807, 2.05) is 18.3 Å². The monoisotopic (exact) mass is 526 g/mol. The van der Waals surface area contributed by atoms with Crippen LogP contribution in [0.15, 0.2) is 59.9 Å². The number of thioether (sulfide) groups is 1. The normalized spacial score (nSPS) is 21.9. The Morgan fingerprint density at radius 1 is 1.03 bits per heavy atom. The molecule has 37 heavy (non-hydrogen) atoms. The second kappa shape index (κ2) is 9.86. The van der Waals surface area contributed by atoms with Gasteiger partial charge in [-0.2, -0.15) is 0 Å². The summed E-state index contributed by atoms with van der Waals surface area (Å²) in [6, 6.07) is 10.1. The quantitative estimate of drug-likeness (QED) is 0.370. The molecule has 0 amide bonds. The van der Waals surface area contributed by atoms with E-state index in [0.717, 1.165) is 47.6 Å². The van der Waals surface area contributed by atoms with Crippen molar-refractivity contribution in [1.82, 2.24) is 19.6 Å². The first-order chi connectivity index (χ1) is 17.9. The van der Waals surface area contributed by atoms with Crippen LogP contribution in [0.25, 0.3) is 5.65 Å². The van der Waals surface area contributed by atoms with E-state index in [0.29, 0.717) is 23.8 Å². The molecular weight excluding hydrogens is 501 g/mol. The molecule has 2 aliphatic rings. The molecule has 4 aromatic rings. The van der Waals surface area contributed by atoms with Gasteiger partial charge in [-0.05, 0) is 48.9 Å². The van der Waals surface area contributed by atoms with E-state index in [2.05, 4.69) is 14.9 Å². The number of hydrogen-bond acceptors (Lipinski definition) is 7. The molecule has 0 saturated carbocycles. The van der Waals surface area contributed by atoms with Crippen LogP contribution in [0, 0.1) is 11.6 Å². The summed E-state index contributed by atoms with van der Waals surface area (Å²) in [6.45, 7) is 1.48. The van der Waals surface area contributed by atoms with Crippen molar-refractivity contribution >= 4 is 28.9 Å². The summed E-state index contributed by atoms with van der Waals surface area (Å²) in [6.07, 6.45) is 2.91. The molecule has 1 N–H and O–H groups in total. The molecule has 0 bridgehead atoms. The summed E-state index contributed by atoms with van der Waals surface area (Å²) in [7, 11) is 0. The Morgan fingerprint density at radius 3 is 2.70 bits per heavy atom. The fourth-order valence-electron chi connectivity index (χ4n) is 5.03. The van der Waals surface area contributed by atoms with Gasteiger partial charge >= 0.3 is 0 Å². The third-order valence-electron chi connectivity index (χ3n) is 6.90. The Hall–Kier alpha value is -3.31. The number of hydrogen-bond donors (Lipinski definition) is 1. The maximum Gasteiger partial charge on any atom is 0.153 e. The van der Waals surface area contributed by atoms with E-state index in [9.17, 15) is 18.3 Å². The molecular formula is C26H25F3N6OS. The van der Waals surface area contributed by atoms with E-state index in [1.165, 1.54) is 11.8 Å². The lowest BCUT2D eigenvalue weighted by atomic mass is 10.0. The van der Waals surface area contributed by atoms with Crippen molar-refractivity contribution in [2.24, 2.45) is 0 Å². The number of anilines is 2. The van der Waals surface area contributed by atoms with Crippen LogP contribution >= 0.6 is 11.8 Å². The van der Waals surface area contributed by atoms with E-state index in [1.54, 1.807) is 27.7 Å². The standard InChI is InChI=1S/C26H25F3N6OS/c27-16-1-3-22(29)21(9-16)23-10-17(28)13-34(23)25-5-4-24-30-12-19(35(24)32-25)15-37-26-6-2-18(11-31-26)33-8-7-20(36)14-33/h1-6,9,11-12,17,20,23,36H,7-8,10,13-15H2/t17-,20-,23+/m0/s1. The van der Waals surface area contributed by atoms with Crippen LogP contribution < -0.4 is 9.80 Å². The van der Waals surface area contributed by atoms with Gasteiger partial charge in [0, 0.05) is 30.8 Å². The molecule has 192 valence electrons. The third kappa shape index (κ3) is 4.85. The van der Waals surface area contributed by atoms with Crippen LogP contribution in [0.1, 0.15) is 30.1 Å². The zero-order valence-corrected chi connectivity index (χ0v) is 20.7. The number of aliphatic hydroxyl groups is 1. The van der Waals surface area contributed by atoms with Crippen LogP contribution in [0.3, 0.4) is 0 Å². The number of aliphatic hydroxyl groups excluding tert-OH is 1. The molecule has 2 aliphatic heterocycles. The molecule has 3 aromatic heterocycles. The van der Waals surface area contributed by atoms with Crippen LogP contribution in [-0.4, -0.2) is 56.6 Å². The van der Waals surface area contributed by atoms with Crippen LogP contribution in [0.4, 0.5) is 24.7 Å². The smallest absolute Gasteiger partial charge is 0.153 e. The molecule has 0 aliphatic carbocycles. The Bertz CT molecular complexity index is 1420. The summed E-state index contributed by atoms with van der Waals surface area (Å²) in [5.41, 5.74) is 2.59. The maximum absolute atomic E-state index is 14.5. The first-order valence-electron chi connectivity index (χ1n) is 12.2. The molecule has 3 atom stereocenters. The van der Waals surface area contributed by atoms with Gasteiger partial charge in [0.05, 0.1) is 47.5 Å². The van der Waals surface area contributed by atoms with Crippen molar-refractivity contribution in [3.8, 4) is 0 Å². The summed E-state index contributed by atoms with van der Waals surface area (Å²) < 4.78 is 44.6. The van der Waals surface area contributed by atoms with Gasteiger partial charge < -0.3 is 14.9 Å². The van der Waals surface area contributed by atoms with Crippen LogP contribution in [-0.2, 0) is 5.75 Å². The van der Waals surface area contributed by atoms with Crippen molar-refractivity contribution in [2.75, 3.05) is 29.4 Å². The Kier molecular flexibility index (Phi) is 6.41. The van der Waals surface area contributed by atoms with Crippen molar-refractivity contribution in [1.29, 1.82) is 0 Å². The van der Waals surface area contributed by atoms with Gasteiger partial charge in [-0.3, -0.25) is 0 Å². The first-order valence-corrected chi connectivity index (χ1v) is 13.1. The SMILES string of the molecule is O[C@H]1CCN(c2ccc(SCc3cnc4ccc(N5C[C@@H](F)C[C@@H]5c5cc(F)ccc5F)nn34)nc2)C1. The molecule has 2 fully saturated rings. The number of imidazole rings is 1. The van der Waals surface area contributed by atoms with Crippen molar-refractivity contribution in [3.05, 3.63) is 77.8 Å². The topological polar surface area (TPSA) is 69.8 Å². The Balaban J connectivity index is 1.21. The maximum atomic E-state index is 14.5. The number of β-amino-alcohol motifs (C(OH)–C–C–N with tert-alkyl or cyclic N) is 1. The molecule has 11 heteroatoms. The molecule has 1 aromatic carbocycles. The summed E-state index contributed by atoms with van der Waals surface area (Å²) in [5, 5.41) is 15.3. The number of pyridine rings is 1. The summed E-state index contributed by atoms with van der Waals surface area (Å²) in [4.78, 5) is 12.8. The average molecular weight is 527 g/mol. The van der Waals surface area contributed by atoms with E-state index < -0.39 is 23.8 Å². The molecule has 7 nitrogen and oxygen atoms in total. The fraction of sp³-hybridized carbons (Fsp3) is 0.346. The van der Waals surface area contributed by atoms with Crippen molar-refractivity contribution in [2.45, 2.75) is 41.9 Å². The fourth-order valence-corrected chi connectivity index (χ4v) is 5.82. The lowest BCUT2D eigenvalue weighted by Gasteiger charge is -2.26. The highest BCUT2D eigenvalue weighted by Crippen LogP contribution is 2.38. The zero-order chi connectivity index (χ0) is 25.5. The zero-order valence-electron chi connectivity index (χ0n) is 19.8. The minimum Gasteiger partial charge on any atom is -0.391 e. The van der Waals surface area contributed by atoms with Gasteiger partial charge in [-0.25, -0.2) is 27.7 Å². The van der Waals surface area contributed by atoms with Gasteiger partial charge in [0.15, 0.2) is 5.65 Å². The van der Waals surface area contributed by atoms with Crippen LogP contribution in [0.5, 0.6) is 0 Å². The molecule has 0 unspecified atom stereocenters. The Labute approximate surface area is 215 Å². The number of alkyl halides is 1. The molecule has 5 heterocycles. The van der Waals surface area contributed by atoms with Gasteiger partial charge in [0.25, 0.3) is 0 Å². The number of rotatable bonds is 6. The highest BCUT2D eigenvalue weighted by Gasteiger charge is 2.36. The minimum absolute atomic E-state index is 0.0439. The first kappa shape index (κ1) is 24.1. The lowest BCUT2D eigenvalue weighted by molar-refractivity contribution is 0.198.